The Kier molecular flexibility index (Phi) is 4.24. The molecular formula is C13H12BrN3S. The molecule has 0 bridgehead atoms. The number of nitrogens with two attached hydrogens (primary N) is 1. The van der Waals surface area contributed by atoms with Gasteiger partial charge in [0.1, 0.15) is 0 Å². The predicted molar refractivity (Wildman–Crippen MR) is 79.8 cm³/mol. The molecule has 1 aromatic heterocycles. The van der Waals surface area contributed by atoms with Gasteiger partial charge in [-0.1, -0.05) is 0 Å². The van der Waals surface area contributed by atoms with Crippen molar-refractivity contribution in [2.45, 2.75) is 6.42 Å². The molecule has 5 heteroatoms. The van der Waals surface area contributed by atoms with Crippen LogP contribution in [0.2, 0.25) is 0 Å². The number of halogens is 1. The Hall–Kier alpha value is -1.51. The van der Waals surface area contributed by atoms with Crippen molar-refractivity contribution < 1.29 is 0 Å². The molecule has 0 saturated carbocycles. The first kappa shape index (κ1) is 12.9. The van der Waals surface area contributed by atoms with Gasteiger partial charge in [0.25, 0.3) is 0 Å². The Bertz CT molecular complexity index is 586. The number of nitrogens with zero attached hydrogens (tertiary/aromatic N) is 1. The van der Waals surface area contributed by atoms with Crippen molar-refractivity contribution in [1.29, 1.82) is 5.26 Å². The van der Waals surface area contributed by atoms with Crippen molar-refractivity contribution in [1.82, 2.24) is 0 Å². The Morgan fingerprint density at radius 1 is 1.39 bits per heavy atom. The first-order chi connectivity index (χ1) is 8.69. The molecule has 0 amide bonds. The zero-order chi connectivity index (χ0) is 13.0. The number of hydrogen-bond acceptors (Lipinski definition) is 4. The lowest BCUT2D eigenvalue weighted by Crippen LogP contribution is -2.06. The summed E-state index contributed by atoms with van der Waals surface area (Å²) < 4.78 is 1.12. The Balaban J connectivity index is 1.96. The van der Waals surface area contributed by atoms with Gasteiger partial charge in [0.2, 0.25) is 0 Å². The highest BCUT2D eigenvalue weighted by Gasteiger charge is 2.02. The summed E-state index contributed by atoms with van der Waals surface area (Å²) in [6.45, 7) is 0.798. The third-order valence-electron chi connectivity index (χ3n) is 2.49. The van der Waals surface area contributed by atoms with E-state index in [9.17, 15) is 0 Å². The number of nitrogens with one attached hydrogen (secondary N) is 1. The molecule has 0 saturated heterocycles. The molecule has 0 radical (unpaired) electrons. The quantitative estimate of drug-likeness (QED) is 0.845. The molecule has 92 valence electrons. The Morgan fingerprint density at radius 3 is 2.89 bits per heavy atom. The van der Waals surface area contributed by atoms with Crippen molar-refractivity contribution in [3.05, 3.63) is 44.6 Å². The standard InChI is InChI=1S/C13H12BrN3S/c14-10-6-11(18-8-10)3-4-17-13-5-9(7-15)1-2-12(13)16/h1-2,5-6,8,17H,3-4,16H2. The molecule has 2 rings (SSSR count). The van der Waals surface area contributed by atoms with E-state index >= 15 is 0 Å². The molecule has 0 aliphatic heterocycles. The monoisotopic (exact) mass is 321 g/mol. The van der Waals surface area contributed by atoms with Gasteiger partial charge in [-0.3, -0.25) is 0 Å². The number of nitriles is 1. The highest BCUT2D eigenvalue weighted by Crippen LogP contribution is 2.22. The average molecular weight is 322 g/mol. The molecule has 18 heavy (non-hydrogen) atoms. The van der Waals surface area contributed by atoms with Gasteiger partial charge in [-0.2, -0.15) is 5.26 Å². The summed E-state index contributed by atoms with van der Waals surface area (Å²) in [4.78, 5) is 1.31. The van der Waals surface area contributed by atoms with Crippen molar-refractivity contribution in [2.24, 2.45) is 0 Å². The Labute approximate surface area is 118 Å². The fourth-order valence-electron chi connectivity index (χ4n) is 1.58. The van der Waals surface area contributed by atoms with E-state index in [1.807, 2.05) is 0 Å². The van der Waals surface area contributed by atoms with Gasteiger partial charge in [0.15, 0.2) is 0 Å². The maximum atomic E-state index is 8.84. The van der Waals surface area contributed by atoms with Crippen LogP contribution in [0.5, 0.6) is 0 Å². The largest absolute Gasteiger partial charge is 0.397 e. The molecule has 0 atom stereocenters. The van der Waals surface area contributed by atoms with Crippen molar-refractivity contribution in [3.63, 3.8) is 0 Å². The van der Waals surface area contributed by atoms with Crippen LogP contribution in [0.15, 0.2) is 34.1 Å². The van der Waals surface area contributed by atoms with Gasteiger partial charge in [-0.25, -0.2) is 0 Å². The topological polar surface area (TPSA) is 61.8 Å². The smallest absolute Gasteiger partial charge is 0.0992 e. The zero-order valence-electron chi connectivity index (χ0n) is 9.61. The lowest BCUT2D eigenvalue weighted by atomic mass is 10.2. The van der Waals surface area contributed by atoms with Crippen LogP contribution in [0.1, 0.15) is 10.4 Å². The van der Waals surface area contributed by atoms with Gasteiger partial charge >= 0.3 is 0 Å². The van der Waals surface area contributed by atoms with E-state index in [-0.39, 0.29) is 0 Å². The van der Waals surface area contributed by atoms with Crippen molar-refractivity contribution in [2.75, 3.05) is 17.6 Å². The van der Waals surface area contributed by atoms with Gasteiger partial charge in [0, 0.05) is 21.3 Å². The summed E-state index contributed by atoms with van der Waals surface area (Å²) in [5.41, 5.74) is 7.96. The lowest BCUT2D eigenvalue weighted by Gasteiger charge is -2.08. The summed E-state index contributed by atoms with van der Waals surface area (Å²) in [5.74, 6) is 0. The van der Waals surface area contributed by atoms with Crippen LogP contribution in [0.25, 0.3) is 0 Å². The second kappa shape index (κ2) is 5.89. The van der Waals surface area contributed by atoms with Crippen molar-refractivity contribution >= 4 is 38.6 Å². The molecule has 3 N–H and O–H groups in total. The maximum absolute atomic E-state index is 8.84. The number of benzene rings is 1. The molecule has 0 unspecified atom stereocenters. The summed E-state index contributed by atoms with van der Waals surface area (Å²) >= 11 is 5.16. The van der Waals surface area contributed by atoms with E-state index in [0.29, 0.717) is 11.3 Å². The predicted octanol–water partition coefficient (Wildman–Crippen LogP) is 3.62. The minimum Gasteiger partial charge on any atom is -0.397 e. The van der Waals surface area contributed by atoms with E-state index in [1.165, 1.54) is 4.88 Å². The third-order valence-corrected chi connectivity index (χ3v) is 4.25. The second-order valence-electron chi connectivity index (χ2n) is 3.82. The molecule has 3 nitrogen and oxygen atoms in total. The van der Waals surface area contributed by atoms with E-state index in [4.69, 9.17) is 11.0 Å². The first-order valence-corrected chi connectivity index (χ1v) is 7.12. The normalized spacial score (nSPS) is 10.0. The molecule has 0 fully saturated rings. The molecule has 1 heterocycles. The van der Waals surface area contributed by atoms with E-state index < -0.39 is 0 Å². The van der Waals surface area contributed by atoms with Crippen LogP contribution in [0.3, 0.4) is 0 Å². The molecule has 1 aromatic carbocycles. The summed E-state index contributed by atoms with van der Waals surface area (Å²) in [7, 11) is 0. The summed E-state index contributed by atoms with van der Waals surface area (Å²) in [6, 6.07) is 9.47. The average Bonchev–Trinajstić information content (AvgIpc) is 2.77. The number of nitrogen functional groups attached to an aromatic ring is 1. The van der Waals surface area contributed by atoms with Gasteiger partial charge < -0.3 is 11.1 Å². The van der Waals surface area contributed by atoms with Crippen LogP contribution in [0, 0.1) is 11.3 Å². The van der Waals surface area contributed by atoms with Gasteiger partial charge in [-0.15, -0.1) is 11.3 Å². The number of rotatable bonds is 4. The minimum absolute atomic E-state index is 0.616. The van der Waals surface area contributed by atoms with E-state index in [0.717, 1.165) is 23.1 Å². The maximum Gasteiger partial charge on any atom is 0.0992 e. The molecule has 2 aromatic rings. The zero-order valence-corrected chi connectivity index (χ0v) is 12.0. The Morgan fingerprint density at radius 2 is 2.22 bits per heavy atom. The molecular weight excluding hydrogens is 310 g/mol. The van der Waals surface area contributed by atoms with Crippen LogP contribution in [-0.4, -0.2) is 6.54 Å². The highest BCUT2D eigenvalue weighted by atomic mass is 79.9. The number of anilines is 2. The van der Waals surface area contributed by atoms with Crippen LogP contribution >= 0.6 is 27.3 Å². The molecule has 0 spiro atoms. The molecule has 0 aliphatic rings. The minimum atomic E-state index is 0.616. The highest BCUT2D eigenvalue weighted by molar-refractivity contribution is 9.10. The number of thiophene rings is 1. The summed E-state index contributed by atoms with van der Waals surface area (Å²) in [6.07, 6.45) is 0.937. The van der Waals surface area contributed by atoms with Gasteiger partial charge in [0.05, 0.1) is 23.0 Å². The van der Waals surface area contributed by atoms with E-state index in [2.05, 4.69) is 38.8 Å². The van der Waals surface area contributed by atoms with E-state index in [1.54, 1.807) is 29.5 Å². The van der Waals surface area contributed by atoms with Crippen LogP contribution in [-0.2, 0) is 6.42 Å². The first-order valence-electron chi connectivity index (χ1n) is 5.45. The van der Waals surface area contributed by atoms with Gasteiger partial charge in [-0.05, 0) is 46.6 Å². The van der Waals surface area contributed by atoms with Crippen molar-refractivity contribution in [3.8, 4) is 6.07 Å². The number of hydrogen-bond donors (Lipinski definition) is 2. The SMILES string of the molecule is N#Cc1ccc(N)c(NCCc2cc(Br)cs2)c1. The molecule has 0 aliphatic carbocycles. The summed E-state index contributed by atoms with van der Waals surface area (Å²) in [5, 5.41) is 14.2. The van der Waals surface area contributed by atoms with Crippen LogP contribution in [0.4, 0.5) is 11.4 Å². The fourth-order valence-corrected chi connectivity index (χ4v) is 3.04. The fraction of sp³-hybridized carbons (Fsp3) is 0.154. The lowest BCUT2D eigenvalue weighted by molar-refractivity contribution is 1.04. The second-order valence-corrected chi connectivity index (χ2v) is 5.73. The third kappa shape index (κ3) is 3.25. The van der Waals surface area contributed by atoms with Crippen LogP contribution < -0.4 is 11.1 Å².